The number of allylic oxidation sites excluding steroid dienone is 2. The molecule has 0 aliphatic carbocycles. The quantitative estimate of drug-likeness (QED) is 0.415. The van der Waals surface area contributed by atoms with Crippen molar-refractivity contribution in [3.05, 3.63) is 25.0 Å². The molecule has 0 aromatic rings. The Bertz CT molecular complexity index is 94.7. The van der Waals surface area contributed by atoms with Gasteiger partial charge in [0, 0.05) is 0 Å². The molecule has 0 unspecified atom stereocenters. The monoisotopic (exact) mass is 126 g/mol. The van der Waals surface area contributed by atoms with Crippen LogP contribution >= 0.6 is 0 Å². The summed E-state index contributed by atoms with van der Waals surface area (Å²) in [6.07, 6.45) is 6.64. The molecule has 0 saturated carbocycles. The van der Waals surface area contributed by atoms with Gasteiger partial charge in [-0.05, 0) is 18.4 Å². The van der Waals surface area contributed by atoms with Crippen LogP contribution in [-0.4, -0.2) is 7.11 Å². The Hall–Kier alpha value is -0.720. The fourth-order valence-corrected chi connectivity index (χ4v) is 0.554. The molecule has 0 amide bonds. The average Bonchev–Trinajstić information content (AvgIpc) is 1.85. The molecular weight excluding hydrogens is 112 g/mol. The van der Waals surface area contributed by atoms with E-state index in [0.717, 1.165) is 6.42 Å². The highest BCUT2D eigenvalue weighted by Gasteiger charge is 1.89. The highest BCUT2D eigenvalue weighted by Crippen LogP contribution is 2.02. The molecule has 0 bridgehead atoms. The molecule has 1 heteroatoms. The van der Waals surface area contributed by atoms with Crippen LogP contribution in [0.15, 0.2) is 25.0 Å². The smallest absolute Gasteiger partial charge is 0.0787 e. The third kappa shape index (κ3) is 5.15. The Balaban J connectivity index is 3.35. The minimum atomic E-state index is 0.544. The van der Waals surface area contributed by atoms with Gasteiger partial charge in [-0.15, -0.1) is 6.58 Å². The third-order valence-corrected chi connectivity index (χ3v) is 1.08. The Kier molecular flexibility index (Phi) is 4.98. The van der Waals surface area contributed by atoms with Crippen molar-refractivity contribution in [2.75, 3.05) is 7.11 Å². The van der Waals surface area contributed by atoms with Gasteiger partial charge in [-0.25, -0.2) is 0 Å². The normalized spacial score (nSPS) is 13.6. The van der Waals surface area contributed by atoms with Gasteiger partial charge in [0.25, 0.3) is 0 Å². The zero-order valence-corrected chi connectivity index (χ0v) is 6.13. The Labute approximate surface area is 57.0 Å². The van der Waals surface area contributed by atoms with Crippen LogP contribution in [0.25, 0.3) is 0 Å². The second-order valence-electron chi connectivity index (χ2n) is 2.07. The summed E-state index contributed by atoms with van der Waals surface area (Å²) in [5.74, 6) is 0.544. The largest absolute Gasteiger partial charge is 0.505 e. The van der Waals surface area contributed by atoms with Crippen LogP contribution < -0.4 is 0 Å². The molecule has 1 nitrogen and oxygen atoms in total. The first-order valence-corrected chi connectivity index (χ1v) is 3.11. The maximum atomic E-state index is 4.74. The molecule has 0 N–H and O–H groups in total. The fourth-order valence-electron chi connectivity index (χ4n) is 0.554. The summed E-state index contributed by atoms with van der Waals surface area (Å²) in [4.78, 5) is 0. The number of hydrogen-bond acceptors (Lipinski definition) is 1. The van der Waals surface area contributed by atoms with E-state index in [0.29, 0.717) is 5.92 Å². The molecule has 0 aliphatic rings. The standard InChI is InChI=1S/C8H14O/c1-4-5-8(2)6-7-9-3/h4,6-8H,1,5H2,2-3H3/t8-/m0/s1. The maximum absolute atomic E-state index is 4.74. The van der Waals surface area contributed by atoms with Crippen LogP contribution in [0.4, 0.5) is 0 Å². The molecule has 0 radical (unpaired) electrons. The van der Waals surface area contributed by atoms with Crippen molar-refractivity contribution >= 4 is 0 Å². The van der Waals surface area contributed by atoms with Crippen LogP contribution in [0.5, 0.6) is 0 Å². The van der Waals surface area contributed by atoms with E-state index in [2.05, 4.69) is 13.5 Å². The van der Waals surface area contributed by atoms with E-state index < -0.39 is 0 Å². The van der Waals surface area contributed by atoms with Crippen molar-refractivity contribution < 1.29 is 4.74 Å². The summed E-state index contributed by atoms with van der Waals surface area (Å²) in [6.45, 7) is 5.76. The molecular formula is C8H14O. The second-order valence-corrected chi connectivity index (χ2v) is 2.07. The highest BCUT2D eigenvalue weighted by atomic mass is 16.5. The van der Waals surface area contributed by atoms with E-state index in [1.807, 2.05) is 12.2 Å². The Morgan fingerprint density at radius 1 is 1.67 bits per heavy atom. The molecule has 0 heterocycles. The first-order chi connectivity index (χ1) is 4.31. The van der Waals surface area contributed by atoms with Crippen molar-refractivity contribution in [3.63, 3.8) is 0 Å². The van der Waals surface area contributed by atoms with Crippen molar-refractivity contribution in [2.45, 2.75) is 13.3 Å². The lowest BCUT2D eigenvalue weighted by Crippen LogP contribution is -1.85. The third-order valence-electron chi connectivity index (χ3n) is 1.08. The average molecular weight is 126 g/mol. The van der Waals surface area contributed by atoms with Gasteiger partial charge >= 0.3 is 0 Å². The topological polar surface area (TPSA) is 9.23 Å². The summed E-state index contributed by atoms with van der Waals surface area (Å²) >= 11 is 0. The van der Waals surface area contributed by atoms with Gasteiger partial charge in [0.05, 0.1) is 13.4 Å². The SMILES string of the molecule is C=CC[C@H](C)C=COC. The van der Waals surface area contributed by atoms with Crippen molar-refractivity contribution in [3.8, 4) is 0 Å². The molecule has 0 aromatic carbocycles. The van der Waals surface area contributed by atoms with E-state index in [9.17, 15) is 0 Å². The summed E-state index contributed by atoms with van der Waals surface area (Å²) < 4.78 is 4.74. The lowest BCUT2D eigenvalue weighted by molar-refractivity contribution is 0.334. The minimum absolute atomic E-state index is 0.544. The fraction of sp³-hybridized carbons (Fsp3) is 0.500. The molecule has 0 rings (SSSR count). The first kappa shape index (κ1) is 8.28. The second kappa shape index (κ2) is 5.42. The van der Waals surface area contributed by atoms with Crippen LogP contribution in [0, 0.1) is 5.92 Å². The summed E-state index contributed by atoms with van der Waals surface area (Å²) in [7, 11) is 1.65. The van der Waals surface area contributed by atoms with E-state index in [-0.39, 0.29) is 0 Å². The van der Waals surface area contributed by atoms with Crippen molar-refractivity contribution in [1.82, 2.24) is 0 Å². The Morgan fingerprint density at radius 3 is 2.78 bits per heavy atom. The molecule has 0 aromatic heterocycles. The predicted molar refractivity (Wildman–Crippen MR) is 40.1 cm³/mol. The molecule has 9 heavy (non-hydrogen) atoms. The predicted octanol–water partition coefficient (Wildman–Crippen LogP) is 2.36. The van der Waals surface area contributed by atoms with Gasteiger partial charge in [0.1, 0.15) is 0 Å². The molecule has 52 valence electrons. The molecule has 0 spiro atoms. The zero-order valence-electron chi connectivity index (χ0n) is 6.13. The zero-order chi connectivity index (χ0) is 7.11. The van der Waals surface area contributed by atoms with Gasteiger partial charge in [0.2, 0.25) is 0 Å². The Morgan fingerprint density at radius 2 is 2.33 bits per heavy atom. The van der Waals surface area contributed by atoms with Gasteiger partial charge in [-0.1, -0.05) is 13.0 Å². The van der Waals surface area contributed by atoms with Gasteiger partial charge in [-0.3, -0.25) is 0 Å². The van der Waals surface area contributed by atoms with Crippen LogP contribution in [0.3, 0.4) is 0 Å². The van der Waals surface area contributed by atoms with Crippen LogP contribution in [-0.2, 0) is 4.74 Å². The lowest BCUT2D eigenvalue weighted by Gasteiger charge is -1.98. The molecule has 0 fully saturated rings. The summed E-state index contributed by atoms with van der Waals surface area (Å²) in [5.41, 5.74) is 0. The number of methoxy groups -OCH3 is 1. The molecule has 1 atom stereocenters. The summed E-state index contributed by atoms with van der Waals surface area (Å²) in [6, 6.07) is 0. The number of hydrogen-bond donors (Lipinski definition) is 0. The maximum Gasteiger partial charge on any atom is 0.0787 e. The van der Waals surface area contributed by atoms with Crippen LogP contribution in [0.2, 0.25) is 0 Å². The summed E-state index contributed by atoms with van der Waals surface area (Å²) in [5, 5.41) is 0. The molecule has 0 saturated heterocycles. The van der Waals surface area contributed by atoms with Gasteiger partial charge < -0.3 is 4.74 Å². The van der Waals surface area contributed by atoms with Crippen molar-refractivity contribution in [2.24, 2.45) is 5.92 Å². The lowest BCUT2D eigenvalue weighted by atomic mass is 10.1. The van der Waals surface area contributed by atoms with Gasteiger partial charge in [-0.2, -0.15) is 0 Å². The van der Waals surface area contributed by atoms with Gasteiger partial charge in [0.15, 0.2) is 0 Å². The minimum Gasteiger partial charge on any atom is -0.505 e. The number of rotatable bonds is 4. The number of ether oxygens (including phenoxy) is 1. The molecule has 0 aliphatic heterocycles. The van der Waals surface area contributed by atoms with E-state index in [4.69, 9.17) is 4.74 Å². The van der Waals surface area contributed by atoms with Crippen LogP contribution in [0.1, 0.15) is 13.3 Å². The first-order valence-electron chi connectivity index (χ1n) is 3.11. The van der Waals surface area contributed by atoms with Crippen molar-refractivity contribution in [1.29, 1.82) is 0 Å². The van der Waals surface area contributed by atoms with E-state index >= 15 is 0 Å². The van der Waals surface area contributed by atoms with E-state index in [1.165, 1.54) is 0 Å². The highest BCUT2D eigenvalue weighted by molar-refractivity contribution is 4.84. The van der Waals surface area contributed by atoms with E-state index in [1.54, 1.807) is 13.4 Å².